The molecule has 1 aliphatic carbocycles. The van der Waals surface area contributed by atoms with Gasteiger partial charge in [0.05, 0.1) is 6.42 Å². The monoisotopic (exact) mass is 331 g/mol. The lowest BCUT2D eigenvalue weighted by Gasteiger charge is -2.21. The van der Waals surface area contributed by atoms with E-state index in [0.29, 0.717) is 18.3 Å². The number of benzene rings is 2. The number of carbonyl (C=O) groups excluding carboxylic acids is 1. The Morgan fingerprint density at radius 1 is 1.08 bits per heavy atom. The van der Waals surface area contributed by atoms with E-state index in [1.807, 2.05) is 0 Å². The van der Waals surface area contributed by atoms with Crippen LogP contribution in [0.25, 0.3) is 11.1 Å². The van der Waals surface area contributed by atoms with Gasteiger partial charge in [0.25, 0.3) is 0 Å². The molecule has 2 aliphatic rings. The fraction of sp³-hybridized carbons (Fsp3) is 0.286. The first-order chi connectivity index (χ1) is 12.0. The number of aliphatic imine (C=N–C) groups is 1. The Hall–Kier alpha value is -2.75. The van der Waals surface area contributed by atoms with Crippen molar-refractivity contribution in [1.29, 1.82) is 5.41 Å². The number of rotatable bonds is 3. The lowest BCUT2D eigenvalue weighted by molar-refractivity contribution is -0.125. The quantitative estimate of drug-likeness (QED) is 0.908. The second-order valence-electron chi connectivity index (χ2n) is 7.00. The summed E-state index contributed by atoms with van der Waals surface area (Å²) in [5, 5.41) is 7.81. The van der Waals surface area contributed by atoms with Gasteiger partial charge in [-0.1, -0.05) is 54.1 Å². The van der Waals surface area contributed by atoms with Crippen LogP contribution in [0.2, 0.25) is 0 Å². The van der Waals surface area contributed by atoms with Crippen molar-refractivity contribution in [2.45, 2.75) is 25.7 Å². The molecule has 1 aliphatic heterocycles. The number of aryl methyl sites for hydroxylation is 1. The van der Waals surface area contributed by atoms with E-state index in [1.54, 1.807) is 7.05 Å². The van der Waals surface area contributed by atoms with E-state index >= 15 is 0 Å². The van der Waals surface area contributed by atoms with Crippen molar-refractivity contribution in [2.75, 3.05) is 7.05 Å². The van der Waals surface area contributed by atoms with Crippen molar-refractivity contribution in [3.63, 3.8) is 0 Å². The Bertz CT molecular complexity index is 882. The minimum Gasteiger partial charge on any atom is -0.284 e. The first-order valence-electron chi connectivity index (χ1n) is 8.62. The zero-order valence-corrected chi connectivity index (χ0v) is 14.5. The highest BCUT2D eigenvalue weighted by atomic mass is 16.2. The molecule has 1 saturated carbocycles. The summed E-state index contributed by atoms with van der Waals surface area (Å²) in [6.07, 6.45) is 1.37. The van der Waals surface area contributed by atoms with Crippen molar-refractivity contribution in [3.8, 4) is 11.1 Å². The first kappa shape index (κ1) is 15.8. The number of amides is 1. The van der Waals surface area contributed by atoms with Gasteiger partial charge in [0.15, 0.2) is 0 Å². The Balaban J connectivity index is 1.50. The highest BCUT2D eigenvalue weighted by Crippen LogP contribution is 2.49. The first-order valence-corrected chi connectivity index (χ1v) is 8.62. The van der Waals surface area contributed by atoms with Crippen molar-refractivity contribution in [1.82, 2.24) is 4.90 Å². The molecule has 0 unspecified atom stereocenters. The Kier molecular flexibility index (Phi) is 3.75. The zero-order valence-electron chi connectivity index (χ0n) is 14.5. The summed E-state index contributed by atoms with van der Waals surface area (Å²) < 4.78 is 0. The van der Waals surface area contributed by atoms with Crippen LogP contribution in [0.1, 0.15) is 29.9 Å². The number of nitrogens with one attached hydrogen (secondary N) is 1. The van der Waals surface area contributed by atoms with Crippen LogP contribution < -0.4 is 0 Å². The maximum atomic E-state index is 11.9. The lowest BCUT2D eigenvalue weighted by atomic mass is 9.99. The summed E-state index contributed by atoms with van der Waals surface area (Å²) in [4.78, 5) is 17.6. The van der Waals surface area contributed by atoms with E-state index in [1.165, 1.54) is 27.2 Å². The summed E-state index contributed by atoms with van der Waals surface area (Å²) in [7, 11) is 1.61. The van der Waals surface area contributed by atoms with Gasteiger partial charge >= 0.3 is 0 Å². The fourth-order valence-electron chi connectivity index (χ4n) is 3.54. The van der Waals surface area contributed by atoms with Crippen LogP contribution in [0.5, 0.6) is 0 Å². The average Bonchev–Trinajstić information content (AvgIpc) is 3.40. The van der Waals surface area contributed by atoms with Crippen molar-refractivity contribution in [2.24, 2.45) is 10.9 Å². The number of nitrogens with zero attached hydrogens (tertiary/aromatic N) is 2. The molecule has 0 spiro atoms. The van der Waals surface area contributed by atoms with Gasteiger partial charge in [-0.25, -0.2) is 4.99 Å². The Morgan fingerprint density at radius 3 is 2.52 bits per heavy atom. The second kappa shape index (κ2) is 5.96. The van der Waals surface area contributed by atoms with Crippen LogP contribution in [0.4, 0.5) is 0 Å². The standard InChI is InChI=1S/C21H21N3O/c1-13-4-3-5-16(10-13)14-6-8-15(9-7-14)17-11-18(17)19-12-20(25)24(2)21(22)23-19/h3-10,17-18,22H,11-12H2,1-2H3/t17-,18-/m0/s1. The van der Waals surface area contributed by atoms with Crippen LogP contribution in [0.3, 0.4) is 0 Å². The topological polar surface area (TPSA) is 56.5 Å². The minimum absolute atomic E-state index is 0.0320. The van der Waals surface area contributed by atoms with Gasteiger partial charge in [-0.3, -0.25) is 15.1 Å². The Morgan fingerprint density at radius 2 is 1.84 bits per heavy atom. The van der Waals surface area contributed by atoms with Crippen LogP contribution in [-0.4, -0.2) is 29.5 Å². The van der Waals surface area contributed by atoms with Gasteiger partial charge < -0.3 is 0 Å². The molecule has 2 atom stereocenters. The van der Waals surface area contributed by atoms with Gasteiger partial charge in [-0.05, 0) is 36.0 Å². The SMILES string of the molecule is Cc1cccc(-c2ccc([C@@H]3C[C@@H]3C3=NC(=N)N(C)C(=O)C3)cc2)c1. The summed E-state index contributed by atoms with van der Waals surface area (Å²) in [6, 6.07) is 17.2. The van der Waals surface area contributed by atoms with Crippen LogP contribution in [0, 0.1) is 18.3 Å². The van der Waals surface area contributed by atoms with E-state index in [2.05, 4.69) is 60.4 Å². The predicted octanol–water partition coefficient (Wildman–Crippen LogP) is 4.00. The van der Waals surface area contributed by atoms with Gasteiger partial charge in [-0.15, -0.1) is 0 Å². The average molecular weight is 331 g/mol. The van der Waals surface area contributed by atoms with Gasteiger partial charge in [0, 0.05) is 18.7 Å². The Labute approximate surface area is 147 Å². The van der Waals surface area contributed by atoms with Crippen LogP contribution >= 0.6 is 0 Å². The molecule has 0 bridgehead atoms. The molecule has 25 heavy (non-hydrogen) atoms. The number of guanidine groups is 1. The lowest BCUT2D eigenvalue weighted by Crippen LogP contribution is -2.38. The number of hydrogen-bond donors (Lipinski definition) is 1. The summed E-state index contributed by atoms with van der Waals surface area (Å²) in [5.41, 5.74) is 5.88. The molecular weight excluding hydrogens is 310 g/mol. The molecular formula is C21H21N3O. The van der Waals surface area contributed by atoms with Crippen molar-refractivity contribution < 1.29 is 4.79 Å². The third-order valence-corrected chi connectivity index (χ3v) is 5.18. The van der Waals surface area contributed by atoms with Gasteiger partial charge in [0.2, 0.25) is 11.9 Å². The maximum absolute atomic E-state index is 11.9. The van der Waals surface area contributed by atoms with E-state index in [-0.39, 0.29) is 11.9 Å². The van der Waals surface area contributed by atoms with Crippen LogP contribution in [-0.2, 0) is 4.79 Å². The smallest absolute Gasteiger partial charge is 0.234 e. The van der Waals surface area contributed by atoms with Crippen molar-refractivity contribution >= 4 is 17.6 Å². The molecule has 4 heteroatoms. The number of carbonyl (C=O) groups is 1. The molecule has 0 saturated heterocycles. The summed E-state index contributed by atoms with van der Waals surface area (Å²) >= 11 is 0. The number of hydrogen-bond acceptors (Lipinski definition) is 2. The molecule has 2 aromatic carbocycles. The molecule has 0 aromatic heterocycles. The normalized spacial score (nSPS) is 22.8. The third-order valence-electron chi connectivity index (χ3n) is 5.18. The minimum atomic E-state index is -0.0320. The molecule has 126 valence electrons. The van der Waals surface area contributed by atoms with E-state index in [9.17, 15) is 4.79 Å². The molecule has 4 rings (SSSR count). The van der Waals surface area contributed by atoms with Gasteiger partial charge in [-0.2, -0.15) is 0 Å². The molecule has 1 fully saturated rings. The highest BCUT2D eigenvalue weighted by molar-refractivity contribution is 6.16. The molecule has 1 heterocycles. The van der Waals surface area contributed by atoms with E-state index in [4.69, 9.17) is 5.41 Å². The second-order valence-corrected chi connectivity index (χ2v) is 7.00. The zero-order chi connectivity index (χ0) is 17.6. The highest BCUT2D eigenvalue weighted by Gasteiger charge is 2.44. The van der Waals surface area contributed by atoms with E-state index < -0.39 is 0 Å². The molecule has 0 radical (unpaired) electrons. The van der Waals surface area contributed by atoms with E-state index in [0.717, 1.165) is 12.1 Å². The molecule has 2 aromatic rings. The third kappa shape index (κ3) is 3.00. The van der Waals surface area contributed by atoms with Crippen molar-refractivity contribution in [3.05, 3.63) is 59.7 Å². The summed E-state index contributed by atoms with van der Waals surface area (Å²) in [5.74, 6) is 0.763. The largest absolute Gasteiger partial charge is 0.284 e. The summed E-state index contributed by atoms with van der Waals surface area (Å²) in [6.45, 7) is 2.11. The van der Waals surface area contributed by atoms with Crippen LogP contribution in [0.15, 0.2) is 53.5 Å². The predicted molar refractivity (Wildman–Crippen MR) is 100 cm³/mol. The molecule has 1 amide bonds. The van der Waals surface area contributed by atoms with Gasteiger partial charge in [0.1, 0.15) is 0 Å². The fourth-order valence-corrected chi connectivity index (χ4v) is 3.54. The maximum Gasteiger partial charge on any atom is 0.234 e. The molecule has 1 N–H and O–H groups in total. The molecule has 4 nitrogen and oxygen atoms in total.